The van der Waals surface area contributed by atoms with Gasteiger partial charge in [-0.1, -0.05) is 53.7 Å². The maximum absolute atomic E-state index is 12.3. The highest BCUT2D eigenvalue weighted by Gasteiger charge is 2.11. The van der Waals surface area contributed by atoms with Crippen LogP contribution in [0.3, 0.4) is 0 Å². The number of hydrogen-bond donors (Lipinski definition) is 1. The number of aromatic hydroxyl groups is 1. The molecule has 3 aromatic rings. The van der Waals surface area contributed by atoms with E-state index in [-0.39, 0.29) is 5.75 Å². The Morgan fingerprint density at radius 1 is 1.00 bits per heavy atom. The number of nitrogens with zero attached hydrogens (tertiary/aromatic N) is 1. The lowest BCUT2D eigenvalue weighted by molar-refractivity contribution is 0.0517. The normalized spacial score (nSPS) is 11.5. The zero-order chi connectivity index (χ0) is 16.9. The molecule has 1 N–H and O–H groups in total. The smallest absolute Gasteiger partial charge is 0.366 e. The van der Waals surface area contributed by atoms with Crippen LogP contribution in [0.25, 0.3) is 10.8 Å². The average Bonchev–Trinajstić information content (AvgIpc) is 2.61. The fraction of sp³-hybridized carbons (Fsp3) is 0.100. The Kier molecular flexibility index (Phi) is 4.57. The van der Waals surface area contributed by atoms with Gasteiger partial charge in [-0.25, -0.2) is 4.79 Å². The number of phenolic OH excluding ortho intramolecular Hbond substituents is 1. The number of oxime groups is 1. The third kappa shape index (κ3) is 3.60. The van der Waals surface area contributed by atoms with Gasteiger partial charge in [0.15, 0.2) is 0 Å². The minimum absolute atomic E-state index is 0.218. The van der Waals surface area contributed by atoms with Gasteiger partial charge in [0.2, 0.25) is 0 Å². The second-order valence-electron chi connectivity index (χ2n) is 5.58. The number of carbonyl (C=O) groups is 1. The van der Waals surface area contributed by atoms with Crippen molar-refractivity contribution in [1.82, 2.24) is 0 Å². The molecule has 0 aliphatic carbocycles. The number of benzene rings is 3. The first-order valence-electron chi connectivity index (χ1n) is 7.64. The summed E-state index contributed by atoms with van der Waals surface area (Å²) in [6, 6.07) is 20.0. The Labute approximate surface area is 140 Å². The topological polar surface area (TPSA) is 58.9 Å². The highest BCUT2D eigenvalue weighted by atomic mass is 16.7. The van der Waals surface area contributed by atoms with Gasteiger partial charge >= 0.3 is 5.97 Å². The first-order chi connectivity index (χ1) is 11.6. The average molecular weight is 319 g/mol. The standard InChI is InChI=1S/C20H17NO3/c1-14(13-15-9-11-17(22)12-10-15)21-24-20(23)19-8-4-6-16-5-2-3-7-18(16)19/h2-12,22H,13H2,1H3/b21-14+. The predicted octanol–water partition coefficient (Wildman–Crippen LogP) is 4.32. The molecular weight excluding hydrogens is 302 g/mol. The van der Waals surface area contributed by atoms with Gasteiger partial charge < -0.3 is 9.94 Å². The molecule has 3 aromatic carbocycles. The Morgan fingerprint density at radius 3 is 2.50 bits per heavy atom. The molecule has 0 radical (unpaired) electrons. The van der Waals surface area contributed by atoms with Crippen LogP contribution in [-0.4, -0.2) is 16.8 Å². The minimum atomic E-state index is -0.475. The lowest BCUT2D eigenvalue weighted by Crippen LogP contribution is -2.05. The van der Waals surface area contributed by atoms with Crippen molar-refractivity contribution in [3.05, 3.63) is 77.9 Å². The molecule has 0 unspecified atom stereocenters. The Hall–Kier alpha value is -3.14. The van der Waals surface area contributed by atoms with Crippen LogP contribution in [0.15, 0.2) is 71.9 Å². The lowest BCUT2D eigenvalue weighted by atomic mass is 10.1. The van der Waals surface area contributed by atoms with Crippen LogP contribution >= 0.6 is 0 Å². The van der Waals surface area contributed by atoms with Crippen LogP contribution in [0.1, 0.15) is 22.8 Å². The van der Waals surface area contributed by atoms with Gasteiger partial charge in [-0.3, -0.25) is 0 Å². The molecule has 0 bridgehead atoms. The summed E-state index contributed by atoms with van der Waals surface area (Å²) >= 11 is 0. The quantitative estimate of drug-likeness (QED) is 0.442. The highest BCUT2D eigenvalue weighted by Crippen LogP contribution is 2.19. The largest absolute Gasteiger partial charge is 0.508 e. The molecule has 120 valence electrons. The van der Waals surface area contributed by atoms with E-state index in [9.17, 15) is 9.90 Å². The van der Waals surface area contributed by atoms with Crippen molar-refractivity contribution in [2.24, 2.45) is 5.16 Å². The van der Waals surface area contributed by atoms with Gasteiger partial charge in [0.05, 0.1) is 11.3 Å². The van der Waals surface area contributed by atoms with E-state index in [1.807, 2.05) is 36.4 Å². The first-order valence-corrected chi connectivity index (χ1v) is 7.64. The molecule has 0 atom stereocenters. The molecule has 0 amide bonds. The van der Waals surface area contributed by atoms with E-state index in [4.69, 9.17) is 4.84 Å². The molecule has 0 fully saturated rings. The van der Waals surface area contributed by atoms with Gasteiger partial charge in [0.1, 0.15) is 5.75 Å². The lowest BCUT2D eigenvalue weighted by Gasteiger charge is -2.05. The summed E-state index contributed by atoms with van der Waals surface area (Å²) in [7, 11) is 0. The Bertz CT molecular complexity index is 893. The van der Waals surface area contributed by atoms with Crippen molar-refractivity contribution in [2.75, 3.05) is 0 Å². The Morgan fingerprint density at radius 2 is 1.71 bits per heavy atom. The highest BCUT2D eigenvalue weighted by molar-refractivity contribution is 6.04. The monoisotopic (exact) mass is 319 g/mol. The number of rotatable bonds is 4. The zero-order valence-electron chi connectivity index (χ0n) is 13.3. The number of hydrogen-bond acceptors (Lipinski definition) is 4. The third-order valence-electron chi connectivity index (χ3n) is 3.69. The van der Waals surface area contributed by atoms with Gasteiger partial charge in [0, 0.05) is 6.42 Å². The molecule has 0 aromatic heterocycles. The minimum Gasteiger partial charge on any atom is -0.508 e. The van der Waals surface area contributed by atoms with Crippen molar-refractivity contribution in [2.45, 2.75) is 13.3 Å². The van der Waals surface area contributed by atoms with Crippen LogP contribution < -0.4 is 0 Å². The maximum atomic E-state index is 12.3. The summed E-state index contributed by atoms with van der Waals surface area (Å²) in [5.41, 5.74) is 2.15. The molecule has 4 nitrogen and oxygen atoms in total. The molecule has 4 heteroatoms. The summed E-state index contributed by atoms with van der Waals surface area (Å²) in [4.78, 5) is 17.4. The fourth-order valence-electron chi connectivity index (χ4n) is 2.51. The van der Waals surface area contributed by atoms with E-state index >= 15 is 0 Å². The summed E-state index contributed by atoms with van der Waals surface area (Å²) in [5, 5.41) is 15.0. The van der Waals surface area contributed by atoms with Crippen molar-refractivity contribution in [3.63, 3.8) is 0 Å². The van der Waals surface area contributed by atoms with Crippen LogP contribution in [-0.2, 0) is 11.3 Å². The van der Waals surface area contributed by atoms with Crippen molar-refractivity contribution in [3.8, 4) is 5.75 Å². The van der Waals surface area contributed by atoms with E-state index in [1.165, 1.54) is 0 Å². The summed E-state index contributed by atoms with van der Waals surface area (Å²) in [6.45, 7) is 1.79. The first kappa shape index (κ1) is 15.7. The van der Waals surface area contributed by atoms with Crippen LogP contribution in [0.5, 0.6) is 5.75 Å². The maximum Gasteiger partial charge on any atom is 0.366 e. The molecule has 0 aliphatic heterocycles. The van der Waals surface area contributed by atoms with E-state index in [1.54, 1.807) is 37.3 Å². The second kappa shape index (κ2) is 6.96. The molecular formula is C20H17NO3. The van der Waals surface area contributed by atoms with Crippen LogP contribution in [0.2, 0.25) is 0 Å². The van der Waals surface area contributed by atoms with Gasteiger partial charge in [0.25, 0.3) is 0 Å². The van der Waals surface area contributed by atoms with E-state index < -0.39 is 5.97 Å². The molecule has 0 heterocycles. The molecule has 0 saturated carbocycles. The number of fused-ring (bicyclic) bond motifs is 1. The molecule has 0 aliphatic rings. The van der Waals surface area contributed by atoms with E-state index in [0.717, 1.165) is 16.3 Å². The SMILES string of the molecule is C/C(Cc1ccc(O)cc1)=N\OC(=O)c1cccc2ccccc12. The zero-order valence-corrected chi connectivity index (χ0v) is 13.3. The molecule has 0 spiro atoms. The van der Waals surface area contributed by atoms with Gasteiger partial charge in [-0.2, -0.15) is 0 Å². The number of carbonyl (C=O) groups excluding carboxylic acids is 1. The Balaban J connectivity index is 1.73. The third-order valence-corrected chi connectivity index (χ3v) is 3.69. The molecule has 3 rings (SSSR count). The van der Waals surface area contributed by atoms with E-state index in [2.05, 4.69) is 5.16 Å². The summed E-state index contributed by atoms with van der Waals surface area (Å²) in [5.74, 6) is -0.257. The second-order valence-corrected chi connectivity index (χ2v) is 5.58. The van der Waals surface area contributed by atoms with Gasteiger partial charge in [-0.15, -0.1) is 0 Å². The van der Waals surface area contributed by atoms with Crippen LogP contribution in [0.4, 0.5) is 0 Å². The van der Waals surface area contributed by atoms with E-state index in [0.29, 0.717) is 17.7 Å². The molecule has 0 saturated heterocycles. The fourth-order valence-corrected chi connectivity index (χ4v) is 2.51. The predicted molar refractivity (Wildman–Crippen MR) is 94.3 cm³/mol. The van der Waals surface area contributed by atoms with Crippen LogP contribution in [0, 0.1) is 0 Å². The van der Waals surface area contributed by atoms with Crippen molar-refractivity contribution < 1.29 is 14.7 Å². The molecule has 24 heavy (non-hydrogen) atoms. The summed E-state index contributed by atoms with van der Waals surface area (Å²) in [6.07, 6.45) is 0.545. The van der Waals surface area contributed by atoms with Crippen molar-refractivity contribution in [1.29, 1.82) is 0 Å². The van der Waals surface area contributed by atoms with Crippen molar-refractivity contribution >= 4 is 22.5 Å². The number of phenols is 1. The summed E-state index contributed by atoms with van der Waals surface area (Å²) < 4.78 is 0. The van der Waals surface area contributed by atoms with Gasteiger partial charge in [-0.05, 0) is 41.5 Å².